The second-order valence-electron chi connectivity index (χ2n) is 8.58. The van der Waals surface area contributed by atoms with Crippen LogP contribution in [-0.4, -0.2) is 61.0 Å². The van der Waals surface area contributed by atoms with Crippen LogP contribution in [0.2, 0.25) is 0 Å². The van der Waals surface area contributed by atoms with Crippen molar-refractivity contribution in [1.29, 1.82) is 0 Å². The van der Waals surface area contributed by atoms with Crippen LogP contribution in [0.1, 0.15) is 71.3 Å². The molecule has 0 radical (unpaired) electrons. The molecule has 1 saturated heterocycles. The van der Waals surface area contributed by atoms with Crippen molar-refractivity contribution < 1.29 is 38.4 Å². The molecule has 0 spiro atoms. The van der Waals surface area contributed by atoms with Gasteiger partial charge in [-0.3, -0.25) is 9.59 Å². The number of aliphatic hydroxyl groups excluding tert-OH is 1. The standard InChI is InChI=1S/C26H40O8/c1-4-30-22(28)16-12-7-5-6-8-13-17-31-26-25(32-18-21-14-10-9-11-15-21)23(29)24(19(2)33-26)34-20(3)27/h9-11,14-15,19,23-26,29H,4-8,12-13,16-18H2,1-3H3/t19-,23+,24-,25+,26+/m0/s1. The number of ether oxygens (including phenoxy) is 5. The molecule has 0 saturated carbocycles. The van der Waals surface area contributed by atoms with Crippen LogP contribution in [0.15, 0.2) is 30.3 Å². The lowest BCUT2D eigenvalue weighted by molar-refractivity contribution is -0.306. The Labute approximate surface area is 202 Å². The number of unbranched alkanes of at least 4 members (excludes halogenated alkanes) is 5. The Kier molecular flexibility index (Phi) is 13.1. The molecule has 192 valence electrons. The molecule has 0 amide bonds. The molecule has 0 unspecified atom stereocenters. The molecule has 0 aliphatic carbocycles. The van der Waals surface area contributed by atoms with Gasteiger partial charge in [0.1, 0.15) is 12.2 Å². The van der Waals surface area contributed by atoms with Crippen LogP contribution in [0.3, 0.4) is 0 Å². The molecule has 1 fully saturated rings. The number of hydrogen-bond donors (Lipinski definition) is 1. The highest BCUT2D eigenvalue weighted by Crippen LogP contribution is 2.27. The molecular weight excluding hydrogens is 440 g/mol. The maximum atomic E-state index is 11.5. The van der Waals surface area contributed by atoms with E-state index in [9.17, 15) is 14.7 Å². The van der Waals surface area contributed by atoms with Gasteiger partial charge in [-0.15, -0.1) is 0 Å². The van der Waals surface area contributed by atoms with Gasteiger partial charge < -0.3 is 28.8 Å². The van der Waals surface area contributed by atoms with Gasteiger partial charge in [-0.05, 0) is 32.3 Å². The van der Waals surface area contributed by atoms with Crippen LogP contribution in [0.4, 0.5) is 0 Å². The summed E-state index contributed by atoms with van der Waals surface area (Å²) in [5.74, 6) is -0.609. The monoisotopic (exact) mass is 480 g/mol. The Bertz CT molecular complexity index is 710. The van der Waals surface area contributed by atoms with Gasteiger partial charge in [-0.1, -0.05) is 56.0 Å². The number of hydrogen-bond acceptors (Lipinski definition) is 8. The molecule has 0 bridgehead atoms. The zero-order chi connectivity index (χ0) is 24.8. The van der Waals surface area contributed by atoms with Gasteiger partial charge in [-0.25, -0.2) is 0 Å². The average Bonchev–Trinajstić information content (AvgIpc) is 2.81. The lowest BCUT2D eigenvalue weighted by Gasteiger charge is -2.42. The molecular formula is C26H40O8. The predicted octanol–water partition coefficient (Wildman–Crippen LogP) is 3.92. The molecule has 1 N–H and O–H groups in total. The summed E-state index contributed by atoms with van der Waals surface area (Å²) in [5, 5.41) is 10.9. The molecule has 1 aromatic rings. The fraction of sp³-hybridized carbons (Fsp3) is 0.692. The van der Waals surface area contributed by atoms with Crippen molar-refractivity contribution in [3.63, 3.8) is 0 Å². The normalized spacial score (nSPS) is 24.5. The van der Waals surface area contributed by atoms with E-state index in [0.29, 0.717) is 19.6 Å². The van der Waals surface area contributed by atoms with Crippen molar-refractivity contribution in [2.24, 2.45) is 0 Å². The first-order valence-electron chi connectivity index (χ1n) is 12.4. The summed E-state index contributed by atoms with van der Waals surface area (Å²) in [7, 11) is 0. The maximum absolute atomic E-state index is 11.5. The highest BCUT2D eigenvalue weighted by molar-refractivity contribution is 5.69. The summed E-state index contributed by atoms with van der Waals surface area (Å²) in [6.45, 7) is 6.04. The van der Waals surface area contributed by atoms with E-state index < -0.39 is 36.7 Å². The van der Waals surface area contributed by atoms with Crippen LogP contribution in [0.5, 0.6) is 0 Å². The van der Waals surface area contributed by atoms with Crippen LogP contribution >= 0.6 is 0 Å². The van der Waals surface area contributed by atoms with E-state index in [-0.39, 0.29) is 12.6 Å². The minimum absolute atomic E-state index is 0.125. The van der Waals surface area contributed by atoms with Crippen molar-refractivity contribution in [1.82, 2.24) is 0 Å². The predicted molar refractivity (Wildman–Crippen MR) is 126 cm³/mol. The van der Waals surface area contributed by atoms with Crippen LogP contribution in [0.25, 0.3) is 0 Å². The van der Waals surface area contributed by atoms with Gasteiger partial charge in [0.25, 0.3) is 0 Å². The topological polar surface area (TPSA) is 101 Å². The number of benzene rings is 1. The molecule has 1 aliphatic rings. The minimum Gasteiger partial charge on any atom is -0.466 e. The zero-order valence-corrected chi connectivity index (χ0v) is 20.6. The zero-order valence-electron chi connectivity index (χ0n) is 20.6. The minimum atomic E-state index is -1.07. The van der Waals surface area contributed by atoms with Crippen molar-refractivity contribution >= 4 is 11.9 Å². The van der Waals surface area contributed by atoms with Crippen molar-refractivity contribution in [3.05, 3.63) is 35.9 Å². The van der Waals surface area contributed by atoms with Gasteiger partial charge in [0.05, 0.1) is 19.3 Å². The van der Waals surface area contributed by atoms with Crippen molar-refractivity contribution in [3.8, 4) is 0 Å². The average molecular weight is 481 g/mol. The van der Waals surface area contributed by atoms with Crippen LogP contribution < -0.4 is 0 Å². The Morgan fingerprint density at radius 2 is 1.65 bits per heavy atom. The first-order valence-corrected chi connectivity index (χ1v) is 12.4. The molecule has 34 heavy (non-hydrogen) atoms. The van der Waals surface area contributed by atoms with E-state index in [1.807, 2.05) is 37.3 Å². The molecule has 1 aliphatic heterocycles. The summed E-state index contributed by atoms with van der Waals surface area (Å²) < 4.78 is 28.1. The largest absolute Gasteiger partial charge is 0.466 e. The van der Waals surface area contributed by atoms with Gasteiger partial charge >= 0.3 is 11.9 Å². The fourth-order valence-electron chi connectivity index (χ4n) is 3.94. The summed E-state index contributed by atoms with van der Waals surface area (Å²) in [4.78, 5) is 22.8. The quantitative estimate of drug-likeness (QED) is 0.298. The summed E-state index contributed by atoms with van der Waals surface area (Å²) in [6.07, 6.45) is 2.32. The highest BCUT2D eigenvalue weighted by Gasteiger charge is 2.46. The van der Waals surface area contributed by atoms with Gasteiger partial charge in [-0.2, -0.15) is 0 Å². The Morgan fingerprint density at radius 1 is 0.971 bits per heavy atom. The SMILES string of the molecule is CCOC(=O)CCCCCCCCO[C@@H]1O[C@@H](C)[C@H](OC(C)=O)[C@@H](O)[C@H]1OCc1ccccc1. The van der Waals surface area contributed by atoms with Crippen molar-refractivity contribution in [2.75, 3.05) is 13.2 Å². The first-order chi connectivity index (χ1) is 16.4. The molecule has 1 aromatic carbocycles. The summed E-state index contributed by atoms with van der Waals surface area (Å²) >= 11 is 0. The number of carbonyl (C=O) groups excluding carboxylic acids is 2. The van der Waals surface area contributed by atoms with E-state index in [0.717, 1.165) is 44.1 Å². The van der Waals surface area contributed by atoms with Gasteiger partial charge in [0, 0.05) is 20.0 Å². The second kappa shape index (κ2) is 15.8. The fourth-order valence-corrected chi connectivity index (χ4v) is 3.94. The third-order valence-electron chi connectivity index (χ3n) is 5.70. The lowest BCUT2D eigenvalue weighted by Crippen LogP contribution is -2.59. The van der Waals surface area contributed by atoms with Gasteiger partial charge in [0.2, 0.25) is 0 Å². The Hall–Kier alpha value is -2.00. The number of carbonyl (C=O) groups is 2. The van der Waals surface area contributed by atoms with E-state index >= 15 is 0 Å². The smallest absolute Gasteiger partial charge is 0.305 e. The Balaban J connectivity index is 1.76. The van der Waals surface area contributed by atoms with E-state index in [2.05, 4.69) is 0 Å². The third kappa shape index (κ3) is 10.1. The van der Waals surface area contributed by atoms with Gasteiger partial charge in [0.15, 0.2) is 12.4 Å². The van der Waals surface area contributed by atoms with E-state index in [1.54, 1.807) is 6.92 Å². The van der Waals surface area contributed by atoms with Crippen molar-refractivity contribution in [2.45, 2.75) is 103 Å². The molecule has 8 nitrogen and oxygen atoms in total. The summed E-state index contributed by atoms with van der Waals surface area (Å²) in [6, 6.07) is 9.63. The van der Waals surface area contributed by atoms with Crippen LogP contribution in [0, 0.1) is 0 Å². The molecule has 0 aromatic heterocycles. The molecule has 5 atom stereocenters. The first kappa shape index (κ1) is 28.2. The van der Waals surface area contributed by atoms with E-state index in [4.69, 9.17) is 23.7 Å². The third-order valence-corrected chi connectivity index (χ3v) is 5.70. The number of rotatable bonds is 15. The molecule has 8 heteroatoms. The highest BCUT2D eigenvalue weighted by atomic mass is 16.7. The number of esters is 2. The van der Waals surface area contributed by atoms with E-state index in [1.165, 1.54) is 6.92 Å². The second-order valence-corrected chi connectivity index (χ2v) is 8.58. The number of aliphatic hydroxyl groups is 1. The maximum Gasteiger partial charge on any atom is 0.305 e. The van der Waals surface area contributed by atoms with Crippen LogP contribution in [-0.2, 0) is 39.9 Å². The lowest BCUT2D eigenvalue weighted by atomic mass is 9.99. The summed E-state index contributed by atoms with van der Waals surface area (Å²) in [5.41, 5.74) is 0.957. The molecule has 1 heterocycles. The Morgan fingerprint density at radius 3 is 2.32 bits per heavy atom. The molecule has 2 rings (SSSR count).